The van der Waals surface area contributed by atoms with Crippen molar-refractivity contribution in [2.24, 2.45) is 0 Å². The second-order valence-corrected chi connectivity index (χ2v) is 33.9. The number of Topliss-reactive ketones (excluding diaryl/α,β-unsaturated/α-hetero) is 2. The second-order valence-electron chi connectivity index (χ2n) is 33.9. The largest absolute Gasteiger partial charge is 0.497 e. The average molecular weight is 1850 g/mol. The molecule has 4 heterocycles. The van der Waals surface area contributed by atoms with Crippen molar-refractivity contribution in [1.82, 2.24) is 0 Å². The van der Waals surface area contributed by atoms with Crippen molar-refractivity contribution < 1.29 is 116 Å². The highest BCUT2D eigenvalue weighted by molar-refractivity contribution is 6.11. The number of hydrogen-bond donors (Lipinski definition) is 5. The van der Waals surface area contributed by atoms with Crippen LogP contribution in [0.15, 0.2) is 267 Å². The number of benzene rings is 12. The Bertz CT molecular complexity index is 6000. The van der Waals surface area contributed by atoms with Gasteiger partial charge in [0.2, 0.25) is 11.4 Å². The lowest BCUT2D eigenvalue weighted by Gasteiger charge is -2.40. The van der Waals surface area contributed by atoms with Gasteiger partial charge in [0.05, 0.1) is 110 Å². The van der Waals surface area contributed by atoms with Gasteiger partial charge < -0.3 is 106 Å². The van der Waals surface area contributed by atoms with Crippen molar-refractivity contribution >= 4 is 17.9 Å². The maximum atomic E-state index is 14.3. The van der Waals surface area contributed by atoms with E-state index in [4.69, 9.17) is 75.8 Å². The molecule has 708 valence electrons. The Morgan fingerprint density at radius 1 is 0.346 bits per heavy atom. The van der Waals surface area contributed by atoms with Crippen LogP contribution in [0.5, 0.6) is 92.0 Å². The minimum Gasteiger partial charge on any atom is -0.497 e. The molecule has 0 bridgehead atoms. The Labute approximate surface area is 792 Å². The molecule has 3 fully saturated rings. The van der Waals surface area contributed by atoms with Gasteiger partial charge in [0, 0.05) is 96.2 Å². The predicted molar refractivity (Wildman–Crippen MR) is 511 cm³/mol. The molecule has 0 unspecified atom stereocenters. The highest BCUT2D eigenvalue weighted by atomic mass is 16.6. The normalized spacial score (nSPS) is 24.1. The van der Waals surface area contributed by atoms with E-state index in [-0.39, 0.29) is 36.2 Å². The average Bonchev–Trinajstić information content (AvgIpc) is 1.53. The molecule has 0 amide bonds. The predicted octanol–water partition coefficient (Wildman–Crippen LogP) is 19.1. The van der Waals surface area contributed by atoms with Gasteiger partial charge in [-0.25, -0.2) is 0 Å². The van der Waals surface area contributed by atoms with E-state index in [0.717, 1.165) is 39.7 Å². The van der Waals surface area contributed by atoms with Gasteiger partial charge in [-0.05, 0) is 150 Å². The van der Waals surface area contributed by atoms with Crippen molar-refractivity contribution in [3.63, 3.8) is 0 Å². The van der Waals surface area contributed by atoms with Crippen LogP contribution in [0.1, 0.15) is 176 Å². The minimum atomic E-state index is -1.94. The third-order valence-electron chi connectivity index (χ3n) is 26.9. The van der Waals surface area contributed by atoms with Crippen LogP contribution >= 0.6 is 0 Å². The summed E-state index contributed by atoms with van der Waals surface area (Å²) in [7, 11) is 6.41. The number of fused-ring (bicyclic) bond motifs is 10. The monoisotopic (exact) mass is 1840 g/mol. The van der Waals surface area contributed by atoms with Crippen molar-refractivity contribution in [3.8, 4) is 92.0 Å². The van der Waals surface area contributed by atoms with E-state index in [9.17, 15) is 39.9 Å². The molecule has 5 N–H and O–H groups in total. The molecule has 19 rings (SSSR count). The second kappa shape index (κ2) is 40.0. The fourth-order valence-electron chi connectivity index (χ4n) is 21.3. The van der Waals surface area contributed by atoms with Crippen LogP contribution in [0.4, 0.5) is 0 Å². The molecule has 13 atom stereocenters. The summed E-state index contributed by atoms with van der Waals surface area (Å²) in [6, 6.07) is 82.5. The fraction of sp³-hybridized carbons (Fsp3) is 0.330. The van der Waals surface area contributed by atoms with E-state index < -0.39 is 63.3 Å². The zero-order chi connectivity index (χ0) is 95.9. The van der Waals surface area contributed by atoms with Crippen LogP contribution in [0.25, 0.3) is 0 Å². The lowest BCUT2D eigenvalue weighted by Crippen LogP contribution is -2.52. The zero-order valence-corrected chi connectivity index (χ0v) is 78.4. The molecule has 12 aromatic carbocycles. The molecule has 4 aliphatic heterocycles. The molecule has 3 saturated carbocycles. The van der Waals surface area contributed by atoms with E-state index in [2.05, 4.69) is 0 Å². The molecule has 3 aliphatic carbocycles. The summed E-state index contributed by atoms with van der Waals surface area (Å²) in [5.74, 6) is 6.19. The molecule has 7 aliphatic rings. The van der Waals surface area contributed by atoms with Gasteiger partial charge in [-0.3, -0.25) is 9.59 Å². The number of methoxy groups -OCH3 is 4. The summed E-state index contributed by atoms with van der Waals surface area (Å²) in [5.41, 5.74) is -2.69. The summed E-state index contributed by atoms with van der Waals surface area (Å²) >= 11 is 0. The van der Waals surface area contributed by atoms with Crippen LogP contribution in [0.2, 0.25) is 0 Å². The van der Waals surface area contributed by atoms with Crippen molar-refractivity contribution in [2.75, 3.05) is 81.3 Å². The Balaban J connectivity index is 0.000000131. The Hall–Kier alpha value is -13.8. The first kappa shape index (κ1) is 95.4. The van der Waals surface area contributed by atoms with E-state index in [1.54, 1.807) is 89.1 Å². The molecule has 24 heteroatoms. The topological polar surface area (TPSA) is 300 Å². The molecular weight excluding hydrogens is 1730 g/mol. The molecule has 0 radical (unpaired) electrons. The highest BCUT2D eigenvalue weighted by Crippen LogP contribution is 2.72. The molecule has 136 heavy (non-hydrogen) atoms. The van der Waals surface area contributed by atoms with Gasteiger partial charge in [0.25, 0.3) is 0 Å². The molecule has 24 nitrogen and oxygen atoms in total. The lowest BCUT2D eigenvalue weighted by atomic mass is 9.71. The van der Waals surface area contributed by atoms with Crippen LogP contribution < -0.4 is 75.8 Å². The van der Waals surface area contributed by atoms with Crippen LogP contribution in [0.3, 0.4) is 0 Å². The summed E-state index contributed by atoms with van der Waals surface area (Å²) in [6.45, 7) is 18.5. The smallest absolute Gasteiger partial charge is 0.219 e. The standard InChI is InChI=1S/2C28H30O6.2C28H28O6/c3*1-4-32-21-15-23(33-5-2)26-24(16-21)34-28(19-11-13-20(31-3)14-12-19)22(17-25(29)27(26,28)30)18-9-7-6-8-10-18;1-4-32-22-17-24(33-5-2)26-25(18-22)34-28(27(26)30,20-11-13-21(31-3)14-12-20)23(15-16-29)19-9-7-6-8-10-19/h2*6-16,22,25,29-30H,4-5,17H2,1-3H3;6-16,22,30H,4-5,17H2,1-3H3;6-14,16-18,23H,4-5,15H2,1-3H3/t22-,25+,27+,28-;22-,25-,27+,28-;22-,27+,28-;23-,28-/m0000/s1. The van der Waals surface area contributed by atoms with Gasteiger partial charge in [-0.15, -0.1) is 0 Å². The lowest BCUT2D eigenvalue weighted by molar-refractivity contribution is -0.151. The van der Waals surface area contributed by atoms with Gasteiger partial charge in [0.15, 0.2) is 39.4 Å². The summed E-state index contributed by atoms with van der Waals surface area (Å²) in [6.07, 6.45) is -0.466. The SMILES string of the molecule is CCOc1cc(OCC)c2c(c1)O[C@@](c1ccc(OC)cc1)([C@@H](CC=O)c1ccccc1)C2=O.CCOc1cc(OCC)c2c(c1)O[C@@]1(c3ccc(OC)cc3)[C@H](c3ccccc3)CC(=O)[C@@]21O.CCOc1cc(OCC)c2c(c1)O[C@@]1(c3ccc(OC)cc3)[C@H](c3ccccc3)C[C@@H](O)[C@@]21O.CCOc1cc(OCC)c2c(c1)O[C@@]1(c3ccc(OC)cc3)[C@H](c3ccccc3)C[C@H](O)[C@@]21O. The number of rotatable bonds is 31. The van der Waals surface area contributed by atoms with Gasteiger partial charge >= 0.3 is 0 Å². The number of ether oxygens (including phenoxy) is 16. The molecular formula is C112H116O24. The summed E-state index contributed by atoms with van der Waals surface area (Å²) in [5, 5.41) is 60.4. The molecule has 0 saturated heterocycles. The highest BCUT2D eigenvalue weighted by Gasteiger charge is 2.77. The van der Waals surface area contributed by atoms with E-state index >= 15 is 0 Å². The van der Waals surface area contributed by atoms with Crippen LogP contribution in [0, 0.1) is 0 Å². The first-order valence-corrected chi connectivity index (χ1v) is 46.4. The van der Waals surface area contributed by atoms with E-state index in [1.807, 2.05) is 262 Å². The maximum absolute atomic E-state index is 14.3. The number of aldehydes is 1. The molecule has 0 spiro atoms. The Morgan fingerprint density at radius 3 is 1.01 bits per heavy atom. The quantitative estimate of drug-likeness (QED) is 0.0252. The number of aliphatic hydroxyl groups excluding tert-OH is 2. The van der Waals surface area contributed by atoms with Gasteiger partial charge in [0.1, 0.15) is 104 Å². The molecule has 0 aromatic heterocycles. The number of hydrogen-bond acceptors (Lipinski definition) is 24. The number of carbonyl (C=O) groups is 3. The maximum Gasteiger partial charge on any atom is 0.219 e. The number of ketones is 2. The Morgan fingerprint density at radius 2 is 0.654 bits per heavy atom. The molecule has 12 aromatic rings. The third kappa shape index (κ3) is 16.1. The van der Waals surface area contributed by atoms with Crippen LogP contribution in [-0.4, -0.2) is 137 Å². The fourth-order valence-corrected chi connectivity index (χ4v) is 21.3. The van der Waals surface area contributed by atoms with Crippen molar-refractivity contribution in [2.45, 2.75) is 156 Å². The van der Waals surface area contributed by atoms with Gasteiger partial charge in [-0.2, -0.15) is 0 Å². The van der Waals surface area contributed by atoms with Crippen LogP contribution in [-0.2, 0) is 48.8 Å². The third-order valence-corrected chi connectivity index (χ3v) is 26.9. The first-order valence-electron chi connectivity index (χ1n) is 46.4. The first-order chi connectivity index (χ1) is 66.0. The van der Waals surface area contributed by atoms with E-state index in [0.29, 0.717) is 191 Å². The number of carbonyl (C=O) groups excluding carboxylic acids is 3. The summed E-state index contributed by atoms with van der Waals surface area (Å²) < 4.78 is 94.9. The van der Waals surface area contributed by atoms with Crippen molar-refractivity contribution in [1.29, 1.82) is 0 Å². The van der Waals surface area contributed by atoms with Crippen molar-refractivity contribution in [3.05, 3.63) is 334 Å². The minimum absolute atomic E-state index is 0.0953. The van der Waals surface area contributed by atoms with E-state index in [1.165, 1.54) is 0 Å². The zero-order valence-electron chi connectivity index (χ0n) is 78.4. The number of aliphatic hydroxyl groups is 5. The van der Waals surface area contributed by atoms with Gasteiger partial charge in [-0.1, -0.05) is 170 Å². The summed E-state index contributed by atoms with van der Waals surface area (Å²) in [4.78, 5) is 40.0. The Kier molecular flexibility index (Phi) is 28.1.